The van der Waals surface area contributed by atoms with E-state index in [4.69, 9.17) is 4.42 Å². The molecule has 16 heavy (non-hydrogen) atoms. The molecule has 0 amide bonds. The number of ketones is 1. The van der Waals surface area contributed by atoms with Gasteiger partial charge in [0.15, 0.2) is 5.76 Å². The molecule has 0 atom stereocenters. The van der Waals surface area contributed by atoms with Crippen LogP contribution in [0.4, 0.5) is 0 Å². The van der Waals surface area contributed by atoms with Gasteiger partial charge in [0.25, 0.3) is 0 Å². The molecule has 1 N–H and O–H groups in total. The molecule has 0 aliphatic carbocycles. The molecular weight excluding hydrogens is 202 g/mol. The molecule has 1 aliphatic rings. The second kappa shape index (κ2) is 4.83. The summed E-state index contributed by atoms with van der Waals surface area (Å²) in [6, 6.07) is 3.57. The van der Waals surface area contributed by atoms with E-state index in [-0.39, 0.29) is 11.2 Å². The van der Waals surface area contributed by atoms with Crippen LogP contribution in [0.1, 0.15) is 43.2 Å². The van der Waals surface area contributed by atoms with E-state index >= 15 is 0 Å². The summed E-state index contributed by atoms with van der Waals surface area (Å²) >= 11 is 0. The van der Waals surface area contributed by atoms with E-state index in [0.29, 0.717) is 5.76 Å². The number of hydrogen-bond donors (Lipinski definition) is 1. The van der Waals surface area contributed by atoms with Crippen LogP contribution in [0.5, 0.6) is 0 Å². The molecule has 1 saturated heterocycles. The maximum Gasteiger partial charge on any atom is 0.204 e. The third kappa shape index (κ3) is 2.05. The molecule has 1 aromatic heterocycles. The van der Waals surface area contributed by atoms with E-state index in [9.17, 15) is 4.79 Å². The van der Waals surface area contributed by atoms with Crippen molar-refractivity contribution in [3.63, 3.8) is 0 Å². The molecule has 1 fully saturated rings. The molecule has 0 saturated carbocycles. The van der Waals surface area contributed by atoms with Gasteiger partial charge in [0, 0.05) is 5.41 Å². The van der Waals surface area contributed by atoms with Gasteiger partial charge in [-0.05, 0) is 44.5 Å². The van der Waals surface area contributed by atoms with Crippen molar-refractivity contribution in [2.24, 2.45) is 5.41 Å². The van der Waals surface area contributed by atoms with Crippen LogP contribution in [-0.4, -0.2) is 18.9 Å². The highest BCUT2D eigenvalue weighted by molar-refractivity contribution is 5.98. The Morgan fingerprint density at radius 1 is 1.50 bits per heavy atom. The molecule has 3 heteroatoms. The standard InChI is InChI=1S/C13H19NO2/c1-2-5-13(6-8-14-9-7-13)12(15)11-4-3-10-16-11/h3-4,10,14H,2,5-9H2,1H3. The molecule has 0 bridgehead atoms. The van der Waals surface area contributed by atoms with E-state index in [2.05, 4.69) is 12.2 Å². The quantitative estimate of drug-likeness (QED) is 0.795. The van der Waals surface area contributed by atoms with Gasteiger partial charge >= 0.3 is 0 Å². The van der Waals surface area contributed by atoms with Gasteiger partial charge in [0.2, 0.25) is 5.78 Å². The van der Waals surface area contributed by atoms with Crippen molar-refractivity contribution in [1.82, 2.24) is 5.32 Å². The minimum atomic E-state index is -0.183. The lowest BCUT2D eigenvalue weighted by atomic mass is 9.71. The predicted molar refractivity (Wildman–Crippen MR) is 62.5 cm³/mol. The smallest absolute Gasteiger partial charge is 0.204 e. The lowest BCUT2D eigenvalue weighted by molar-refractivity contribution is 0.0673. The predicted octanol–water partition coefficient (Wildman–Crippen LogP) is 2.63. The molecule has 1 aliphatic heterocycles. The Balaban J connectivity index is 2.21. The number of carbonyl (C=O) groups is 1. The fourth-order valence-electron chi connectivity index (χ4n) is 2.64. The molecule has 0 aromatic carbocycles. The zero-order valence-corrected chi connectivity index (χ0v) is 9.79. The van der Waals surface area contributed by atoms with Gasteiger partial charge in [-0.25, -0.2) is 0 Å². The third-order valence-electron chi connectivity index (χ3n) is 3.52. The minimum Gasteiger partial charge on any atom is -0.461 e. The van der Waals surface area contributed by atoms with Crippen LogP contribution >= 0.6 is 0 Å². The van der Waals surface area contributed by atoms with Gasteiger partial charge in [-0.1, -0.05) is 13.3 Å². The van der Waals surface area contributed by atoms with Gasteiger partial charge in [0.1, 0.15) is 0 Å². The second-order valence-electron chi connectivity index (χ2n) is 4.59. The third-order valence-corrected chi connectivity index (χ3v) is 3.52. The van der Waals surface area contributed by atoms with Crippen LogP contribution < -0.4 is 5.32 Å². The van der Waals surface area contributed by atoms with Crippen molar-refractivity contribution in [1.29, 1.82) is 0 Å². The number of furan rings is 1. The van der Waals surface area contributed by atoms with E-state index in [1.807, 2.05) is 0 Å². The van der Waals surface area contributed by atoms with Crippen LogP contribution in [0, 0.1) is 5.41 Å². The summed E-state index contributed by atoms with van der Waals surface area (Å²) in [5, 5.41) is 3.32. The Morgan fingerprint density at radius 3 is 2.81 bits per heavy atom. The summed E-state index contributed by atoms with van der Waals surface area (Å²) in [5.41, 5.74) is -0.183. The first-order valence-electron chi connectivity index (χ1n) is 6.07. The lowest BCUT2D eigenvalue weighted by Gasteiger charge is -2.35. The number of piperidine rings is 1. The highest BCUT2D eigenvalue weighted by Crippen LogP contribution is 2.37. The van der Waals surface area contributed by atoms with E-state index in [0.717, 1.165) is 38.8 Å². The normalized spacial score (nSPS) is 19.6. The van der Waals surface area contributed by atoms with Crippen molar-refractivity contribution >= 4 is 5.78 Å². The van der Waals surface area contributed by atoms with Gasteiger partial charge in [-0.2, -0.15) is 0 Å². The highest BCUT2D eigenvalue weighted by atomic mass is 16.3. The van der Waals surface area contributed by atoms with Crippen LogP contribution in [0.25, 0.3) is 0 Å². The summed E-state index contributed by atoms with van der Waals surface area (Å²) in [4.78, 5) is 12.5. The molecule has 0 unspecified atom stereocenters. The van der Waals surface area contributed by atoms with Crippen molar-refractivity contribution in [2.75, 3.05) is 13.1 Å². The van der Waals surface area contributed by atoms with Gasteiger partial charge in [0.05, 0.1) is 6.26 Å². The number of hydrogen-bond acceptors (Lipinski definition) is 3. The Labute approximate surface area is 96.2 Å². The van der Waals surface area contributed by atoms with Crippen LogP contribution in [0.15, 0.2) is 22.8 Å². The zero-order valence-electron chi connectivity index (χ0n) is 9.79. The fourth-order valence-corrected chi connectivity index (χ4v) is 2.64. The molecule has 0 radical (unpaired) electrons. The van der Waals surface area contributed by atoms with Crippen molar-refractivity contribution < 1.29 is 9.21 Å². The SMILES string of the molecule is CCCC1(C(=O)c2ccco2)CCNCC1. The Morgan fingerprint density at radius 2 is 2.25 bits per heavy atom. The number of rotatable bonds is 4. The van der Waals surface area contributed by atoms with Crippen LogP contribution in [-0.2, 0) is 0 Å². The molecule has 2 rings (SSSR count). The van der Waals surface area contributed by atoms with Crippen LogP contribution in [0.2, 0.25) is 0 Å². The van der Waals surface area contributed by atoms with Gasteiger partial charge in [-0.15, -0.1) is 0 Å². The Bertz CT molecular complexity index is 331. The number of carbonyl (C=O) groups excluding carboxylic acids is 1. The summed E-state index contributed by atoms with van der Waals surface area (Å²) in [5.74, 6) is 0.719. The van der Waals surface area contributed by atoms with Crippen molar-refractivity contribution in [2.45, 2.75) is 32.6 Å². The van der Waals surface area contributed by atoms with Crippen LogP contribution in [0.3, 0.4) is 0 Å². The zero-order chi connectivity index (χ0) is 11.4. The fraction of sp³-hybridized carbons (Fsp3) is 0.615. The first-order valence-corrected chi connectivity index (χ1v) is 6.07. The minimum absolute atomic E-state index is 0.183. The van der Waals surface area contributed by atoms with Crippen molar-refractivity contribution in [3.8, 4) is 0 Å². The first kappa shape index (κ1) is 11.4. The monoisotopic (exact) mass is 221 g/mol. The maximum atomic E-state index is 12.5. The van der Waals surface area contributed by atoms with Crippen molar-refractivity contribution in [3.05, 3.63) is 24.2 Å². The summed E-state index contributed by atoms with van der Waals surface area (Å²) in [6.45, 7) is 4.01. The molecule has 0 spiro atoms. The highest BCUT2D eigenvalue weighted by Gasteiger charge is 2.40. The number of Topliss-reactive ketones (excluding diaryl/α,β-unsaturated/α-hetero) is 1. The molecule has 1 aromatic rings. The van der Waals surface area contributed by atoms with E-state index in [1.54, 1.807) is 18.4 Å². The van der Waals surface area contributed by atoms with Gasteiger partial charge in [-0.3, -0.25) is 4.79 Å². The number of nitrogens with one attached hydrogen (secondary N) is 1. The largest absolute Gasteiger partial charge is 0.461 e. The van der Waals surface area contributed by atoms with Gasteiger partial charge < -0.3 is 9.73 Å². The summed E-state index contributed by atoms with van der Waals surface area (Å²) in [7, 11) is 0. The first-order chi connectivity index (χ1) is 7.78. The molecule has 2 heterocycles. The lowest BCUT2D eigenvalue weighted by Crippen LogP contribution is -2.42. The summed E-state index contributed by atoms with van der Waals surface area (Å²) < 4.78 is 5.25. The van der Waals surface area contributed by atoms with E-state index in [1.165, 1.54) is 0 Å². The molecule has 88 valence electrons. The Kier molecular flexibility index (Phi) is 3.44. The Hall–Kier alpha value is -1.09. The second-order valence-corrected chi connectivity index (χ2v) is 4.59. The molecular formula is C13H19NO2. The molecule has 3 nitrogen and oxygen atoms in total. The average molecular weight is 221 g/mol. The van der Waals surface area contributed by atoms with E-state index < -0.39 is 0 Å². The summed E-state index contributed by atoms with van der Waals surface area (Å²) in [6.07, 6.45) is 5.45. The average Bonchev–Trinajstić information content (AvgIpc) is 2.83. The maximum absolute atomic E-state index is 12.5. The topological polar surface area (TPSA) is 42.2 Å².